The van der Waals surface area contributed by atoms with Crippen LogP contribution in [-0.2, 0) is 13.1 Å². The number of aromatic nitrogens is 1. The first kappa shape index (κ1) is 7.35. The van der Waals surface area contributed by atoms with Crippen molar-refractivity contribution in [2.45, 2.75) is 26.9 Å². The zero-order chi connectivity index (χ0) is 7.56. The Bertz CT molecular complexity index is 192. The minimum absolute atomic E-state index is 0.652. The van der Waals surface area contributed by atoms with Gasteiger partial charge in [0.1, 0.15) is 0 Å². The van der Waals surface area contributed by atoms with Crippen molar-refractivity contribution in [2.24, 2.45) is 5.73 Å². The number of aryl methyl sites for hydroxylation is 1. The minimum atomic E-state index is 0.652. The van der Waals surface area contributed by atoms with Crippen molar-refractivity contribution in [1.29, 1.82) is 0 Å². The van der Waals surface area contributed by atoms with E-state index >= 15 is 0 Å². The van der Waals surface area contributed by atoms with Crippen LogP contribution in [0.1, 0.15) is 18.2 Å². The summed E-state index contributed by atoms with van der Waals surface area (Å²) in [5, 5.41) is 0. The first-order valence-corrected chi connectivity index (χ1v) is 3.64. The first-order valence-electron chi connectivity index (χ1n) is 3.64. The Morgan fingerprint density at radius 2 is 2.30 bits per heavy atom. The highest BCUT2D eigenvalue weighted by molar-refractivity contribution is 5.20. The van der Waals surface area contributed by atoms with Crippen LogP contribution in [0.25, 0.3) is 0 Å². The summed E-state index contributed by atoms with van der Waals surface area (Å²) in [5.41, 5.74) is 8.05. The SMILES string of the molecule is CCn1ccc(CN)c1C. The Labute approximate surface area is 61.7 Å². The Morgan fingerprint density at radius 1 is 1.60 bits per heavy atom. The summed E-state index contributed by atoms with van der Waals surface area (Å²) in [7, 11) is 0. The van der Waals surface area contributed by atoms with E-state index in [4.69, 9.17) is 5.73 Å². The fourth-order valence-electron chi connectivity index (χ4n) is 1.16. The summed E-state index contributed by atoms with van der Waals surface area (Å²) < 4.78 is 2.20. The molecule has 0 aliphatic rings. The highest BCUT2D eigenvalue weighted by atomic mass is 15.0. The molecule has 0 spiro atoms. The molecular weight excluding hydrogens is 124 g/mol. The molecule has 56 valence electrons. The van der Waals surface area contributed by atoms with E-state index in [1.54, 1.807) is 0 Å². The lowest BCUT2D eigenvalue weighted by molar-refractivity contribution is 0.737. The van der Waals surface area contributed by atoms with E-state index in [0.29, 0.717) is 6.54 Å². The molecule has 0 unspecified atom stereocenters. The zero-order valence-electron chi connectivity index (χ0n) is 6.59. The molecule has 1 rings (SSSR count). The molecule has 0 radical (unpaired) electrons. The van der Waals surface area contributed by atoms with Crippen molar-refractivity contribution in [2.75, 3.05) is 0 Å². The third-order valence-corrected chi connectivity index (χ3v) is 1.91. The Kier molecular flexibility index (Phi) is 2.12. The fourth-order valence-corrected chi connectivity index (χ4v) is 1.16. The number of nitrogens with two attached hydrogens (primary N) is 1. The summed E-state index contributed by atoms with van der Waals surface area (Å²) >= 11 is 0. The summed E-state index contributed by atoms with van der Waals surface area (Å²) in [4.78, 5) is 0. The van der Waals surface area contributed by atoms with E-state index in [1.807, 2.05) is 0 Å². The smallest absolute Gasteiger partial charge is 0.0195 e. The largest absolute Gasteiger partial charge is 0.352 e. The molecule has 0 saturated heterocycles. The lowest BCUT2D eigenvalue weighted by Crippen LogP contribution is -2.00. The number of rotatable bonds is 2. The van der Waals surface area contributed by atoms with Crippen LogP contribution in [0.3, 0.4) is 0 Å². The van der Waals surface area contributed by atoms with E-state index in [1.165, 1.54) is 11.3 Å². The van der Waals surface area contributed by atoms with Crippen molar-refractivity contribution < 1.29 is 0 Å². The van der Waals surface area contributed by atoms with Crippen LogP contribution in [0.2, 0.25) is 0 Å². The minimum Gasteiger partial charge on any atom is -0.352 e. The van der Waals surface area contributed by atoms with Crippen molar-refractivity contribution in [3.05, 3.63) is 23.5 Å². The van der Waals surface area contributed by atoms with Crippen molar-refractivity contribution >= 4 is 0 Å². The summed E-state index contributed by atoms with van der Waals surface area (Å²) in [5.74, 6) is 0. The Balaban J connectivity index is 2.97. The lowest BCUT2D eigenvalue weighted by Gasteiger charge is -2.01. The molecule has 2 heteroatoms. The van der Waals surface area contributed by atoms with Gasteiger partial charge in [-0.25, -0.2) is 0 Å². The topological polar surface area (TPSA) is 30.9 Å². The maximum Gasteiger partial charge on any atom is 0.0195 e. The van der Waals surface area contributed by atoms with Crippen LogP contribution in [0, 0.1) is 6.92 Å². The number of nitrogens with zero attached hydrogens (tertiary/aromatic N) is 1. The predicted molar refractivity (Wildman–Crippen MR) is 42.7 cm³/mol. The predicted octanol–water partition coefficient (Wildman–Crippen LogP) is 1.28. The summed E-state index contributed by atoms with van der Waals surface area (Å²) in [6.45, 7) is 5.92. The molecule has 1 aromatic rings. The van der Waals surface area contributed by atoms with Gasteiger partial charge in [-0.2, -0.15) is 0 Å². The lowest BCUT2D eigenvalue weighted by atomic mass is 10.2. The molecule has 1 aromatic heterocycles. The second kappa shape index (κ2) is 2.88. The molecule has 0 saturated carbocycles. The van der Waals surface area contributed by atoms with E-state index in [2.05, 4.69) is 30.7 Å². The van der Waals surface area contributed by atoms with Crippen molar-refractivity contribution in [3.8, 4) is 0 Å². The molecule has 1 heterocycles. The average Bonchev–Trinajstić information content (AvgIpc) is 2.30. The molecule has 2 N–H and O–H groups in total. The van der Waals surface area contributed by atoms with Crippen LogP contribution in [0.15, 0.2) is 12.3 Å². The maximum absolute atomic E-state index is 5.51. The van der Waals surface area contributed by atoms with E-state index in [-0.39, 0.29) is 0 Å². The fraction of sp³-hybridized carbons (Fsp3) is 0.500. The molecule has 0 bridgehead atoms. The van der Waals surface area contributed by atoms with Gasteiger partial charge in [-0.15, -0.1) is 0 Å². The van der Waals surface area contributed by atoms with Crippen molar-refractivity contribution in [1.82, 2.24) is 4.57 Å². The maximum atomic E-state index is 5.51. The average molecular weight is 138 g/mol. The van der Waals surface area contributed by atoms with Crippen LogP contribution >= 0.6 is 0 Å². The van der Waals surface area contributed by atoms with Gasteiger partial charge in [-0.1, -0.05) is 0 Å². The standard InChI is InChI=1S/C8H14N2/c1-3-10-5-4-8(6-9)7(10)2/h4-5H,3,6,9H2,1-2H3. The zero-order valence-corrected chi connectivity index (χ0v) is 6.59. The summed E-state index contributed by atoms with van der Waals surface area (Å²) in [6.07, 6.45) is 2.08. The summed E-state index contributed by atoms with van der Waals surface area (Å²) in [6, 6.07) is 2.08. The molecule has 0 atom stereocenters. The van der Waals surface area contributed by atoms with Crippen LogP contribution in [0.5, 0.6) is 0 Å². The van der Waals surface area contributed by atoms with Gasteiger partial charge in [0.2, 0.25) is 0 Å². The van der Waals surface area contributed by atoms with Gasteiger partial charge in [0, 0.05) is 25.0 Å². The van der Waals surface area contributed by atoms with Gasteiger partial charge >= 0.3 is 0 Å². The van der Waals surface area contributed by atoms with E-state index in [9.17, 15) is 0 Å². The molecule has 0 amide bonds. The second-order valence-corrected chi connectivity index (χ2v) is 2.42. The molecule has 0 fully saturated rings. The van der Waals surface area contributed by atoms with E-state index < -0.39 is 0 Å². The molecular formula is C8H14N2. The third-order valence-electron chi connectivity index (χ3n) is 1.91. The van der Waals surface area contributed by atoms with Gasteiger partial charge in [-0.3, -0.25) is 0 Å². The van der Waals surface area contributed by atoms with E-state index in [0.717, 1.165) is 6.54 Å². The third kappa shape index (κ3) is 1.07. The second-order valence-electron chi connectivity index (χ2n) is 2.42. The molecule has 0 aliphatic heterocycles. The monoisotopic (exact) mass is 138 g/mol. The molecule has 0 aliphatic carbocycles. The van der Waals surface area contributed by atoms with Gasteiger partial charge in [0.15, 0.2) is 0 Å². The van der Waals surface area contributed by atoms with Gasteiger partial charge in [0.25, 0.3) is 0 Å². The highest BCUT2D eigenvalue weighted by Crippen LogP contribution is 2.07. The number of hydrogen-bond acceptors (Lipinski definition) is 1. The van der Waals surface area contributed by atoms with Crippen LogP contribution < -0.4 is 5.73 Å². The normalized spacial score (nSPS) is 10.3. The van der Waals surface area contributed by atoms with Gasteiger partial charge < -0.3 is 10.3 Å². The van der Waals surface area contributed by atoms with Gasteiger partial charge in [0.05, 0.1) is 0 Å². The number of hydrogen-bond donors (Lipinski definition) is 1. The van der Waals surface area contributed by atoms with Crippen molar-refractivity contribution in [3.63, 3.8) is 0 Å². The van der Waals surface area contributed by atoms with Crippen LogP contribution in [0.4, 0.5) is 0 Å². The highest BCUT2D eigenvalue weighted by Gasteiger charge is 1.99. The molecule has 2 nitrogen and oxygen atoms in total. The van der Waals surface area contributed by atoms with Crippen LogP contribution in [-0.4, -0.2) is 4.57 Å². The first-order chi connectivity index (χ1) is 4.79. The Hall–Kier alpha value is -0.760. The Morgan fingerprint density at radius 3 is 2.60 bits per heavy atom. The van der Waals surface area contributed by atoms with Gasteiger partial charge in [-0.05, 0) is 25.5 Å². The molecule has 10 heavy (non-hydrogen) atoms. The molecule has 0 aromatic carbocycles. The quantitative estimate of drug-likeness (QED) is 0.655.